The molecule has 3 heterocycles. The van der Waals surface area contributed by atoms with Gasteiger partial charge in [-0.3, -0.25) is 0 Å². The Morgan fingerprint density at radius 2 is 1.66 bits per heavy atom. The first-order chi connectivity index (χ1) is 18.6. The number of amides is 2. The van der Waals surface area contributed by atoms with Gasteiger partial charge in [0, 0.05) is 18.3 Å². The fourth-order valence-electron chi connectivity index (χ4n) is 5.16. The molecule has 1 atom stereocenters. The first kappa shape index (κ1) is 23.6. The molecule has 1 aliphatic heterocycles. The molecule has 6 rings (SSSR count). The number of carbonyl (C=O) groups is 1. The Morgan fingerprint density at radius 1 is 0.947 bits per heavy atom. The SMILES string of the molecule is COc1ccc([C@@H]2c3cccn3-c3c(c(C)nn3-c3ccccc3)CN2C(=O)NCc2ccccc2)cc1. The van der Waals surface area contributed by atoms with E-state index in [9.17, 15) is 4.79 Å². The first-order valence-corrected chi connectivity index (χ1v) is 12.7. The second-order valence-corrected chi connectivity index (χ2v) is 9.39. The van der Waals surface area contributed by atoms with Crippen LogP contribution in [-0.4, -0.2) is 32.4 Å². The van der Waals surface area contributed by atoms with Crippen molar-refractivity contribution in [3.8, 4) is 17.3 Å². The molecule has 2 amide bonds. The number of nitrogens with zero attached hydrogens (tertiary/aromatic N) is 4. The van der Waals surface area contributed by atoms with Crippen LogP contribution < -0.4 is 10.1 Å². The number of hydrogen-bond acceptors (Lipinski definition) is 3. The van der Waals surface area contributed by atoms with E-state index in [1.165, 1.54) is 0 Å². The summed E-state index contributed by atoms with van der Waals surface area (Å²) in [7, 11) is 1.66. The maximum Gasteiger partial charge on any atom is 0.318 e. The number of rotatable bonds is 5. The number of urea groups is 1. The van der Waals surface area contributed by atoms with E-state index in [-0.39, 0.29) is 12.1 Å². The molecule has 0 radical (unpaired) electrons. The fraction of sp³-hybridized carbons (Fsp3) is 0.161. The van der Waals surface area contributed by atoms with Crippen LogP contribution in [0.4, 0.5) is 4.79 Å². The van der Waals surface area contributed by atoms with E-state index in [0.717, 1.165) is 45.3 Å². The summed E-state index contributed by atoms with van der Waals surface area (Å²) < 4.78 is 9.55. The zero-order valence-electron chi connectivity index (χ0n) is 21.4. The van der Waals surface area contributed by atoms with Gasteiger partial charge < -0.3 is 19.5 Å². The maximum atomic E-state index is 13.9. The molecule has 0 saturated carbocycles. The van der Waals surface area contributed by atoms with Crippen molar-refractivity contribution in [2.24, 2.45) is 0 Å². The van der Waals surface area contributed by atoms with E-state index in [1.807, 2.05) is 108 Å². The smallest absolute Gasteiger partial charge is 0.318 e. The Labute approximate surface area is 221 Å². The van der Waals surface area contributed by atoms with Gasteiger partial charge in [0.25, 0.3) is 0 Å². The third kappa shape index (κ3) is 4.22. The summed E-state index contributed by atoms with van der Waals surface area (Å²) in [5, 5.41) is 8.07. The summed E-state index contributed by atoms with van der Waals surface area (Å²) in [4.78, 5) is 15.8. The van der Waals surface area contributed by atoms with Crippen molar-refractivity contribution in [1.29, 1.82) is 0 Å². The first-order valence-electron chi connectivity index (χ1n) is 12.7. The monoisotopic (exact) mass is 503 g/mol. The van der Waals surface area contributed by atoms with Gasteiger partial charge in [-0.1, -0.05) is 60.7 Å². The quantitative estimate of drug-likeness (QED) is 0.330. The molecule has 0 spiro atoms. The normalized spacial score (nSPS) is 14.4. The number of nitrogens with one attached hydrogen (secondary N) is 1. The Bertz CT molecular complexity index is 1560. The maximum absolute atomic E-state index is 13.9. The van der Waals surface area contributed by atoms with Crippen molar-refractivity contribution in [3.63, 3.8) is 0 Å². The Morgan fingerprint density at radius 3 is 2.37 bits per heavy atom. The molecule has 1 N–H and O–H groups in total. The van der Waals surface area contributed by atoms with Gasteiger partial charge in [-0.05, 0) is 54.4 Å². The molecule has 7 nitrogen and oxygen atoms in total. The van der Waals surface area contributed by atoms with Crippen LogP contribution in [0.15, 0.2) is 103 Å². The van der Waals surface area contributed by atoms with E-state index >= 15 is 0 Å². The van der Waals surface area contributed by atoms with Crippen LogP contribution in [0.1, 0.15) is 34.1 Å². The summed E-state index contributed by atoms with van der Waals surface area (Å²) in [6.07, 6.45) is 2.05. The van der Waals surface area contributed by atoms with Crippen molar-refractivity contribution in [2.45, 2.75) is 26.1 Å². The van der Waals surface area contributed by atoms with E-state index in [2.05, 4.69) is 22.1 Å². The highest BCUT2D eigenvalue weighted by Gasteiger charge is 2.35. The minimum atomic E-state index is -0.317. The molecule has 0 unspecified atom stereocenters. The van der Waals surface area contributed by atoms with Gasteiger partial charge in [0.1, 0.15) is 11.6 Å². The minimum Gasteiger partial charge on any atom is -0.497 e. The van der Waals surface area contributed by atoms with Crippen LogP contribution in [0, 0.1) is 6.92 Å². The van der Waals surface area contributed by atoms with Crippen LogP contribution in [0.5, 0.6) is 5.75 Å². The molecule has 38 heavy (non-hydrogen) atoms. The lowest BCUT2D eigenvalue weighted by Gasteiger charge is -2.31. The molecule has 0 aliphatic carbocycles. The van der Waals surface area contributed by atoms with Gasteiger partial charge in [0.15, 0.2) is 0 Å². The molecule has 7 heteroatoms. The molecular weight excluding hydrogens is 474 g/mol. The van der Waals surface area contributed by atoms with E-state index in [1.54, 1.807) is 7.11 Å². The zero-order chi connectivity index (χ0) is 26.1. The number of fused-ring (bicyclic) bond motifs is 3. The summed E-state index contributed by atoms with van der Waals surface area (Å²) in [6.45, 7) is 2.86. The molecule has 2 aromatic heterocycles. The largest absolute Gasteiger partial charge is 0.497 e. The zero-order valence-corrected chi connectivity index (χ0v) is 21.4. The molecule has 5 aromatic rings. The van der Waals surface area contributed by atoms with Gasteiger partial charge in [-0.2, -0.15) is 5.10 Å². The van der Waals surface area contributed by atoms with Crippen molar-refractivity contribution in [2.75, 3.05) is 7.11 Å². The number of para-hydroxylation sites is 1. The van der Waals surface area contributed by atoms with Crippen molar-refractivity contribution in [1.82, 2.24) is 24.6 Å². The molecule has 0 saturated heterocycles. The Balaban J connectivity index is 1.48. The predicted molar refractivity (Wildman–Crippen MR) is 147 cm³/mol. The number of ether oxygens (including phenoxy) is 1. The average Bonchev–Trinajstić information content (AvgIpc) is 3.53. The highest BCUT2D eigenvalue weighted by molar-refractivity contribution is 5.76. The van der Waals surface area contributed by atoms with Gasteiger partial charge in [-0.15, -0.1) is 0 Å². The number of aromatic nitrogens is 3. The van der Waals surface area contributed by atoms with E-state index in [0.29, 0.717) is 13.1 Å². The van der Waals surface area contributed by atoms with Crippen LogP contribution in [0.2, 0.25) is 0 Å². The molecule has 190 valence electrons. The number of benzene rings is 3. The molecular formula is C31H29N5O2. The molecule has 0 fully saturated rings. The van der Waals surface area contributed by atoms with Gasteiger partial charge in [0.05, 0.1) is 36.8 Å². The van der Waals surface area contributed by atoms with Gasteiger partial charge in [-0.25, -0.2) is 9.48 Å². The summed E-state index contributed by atoms with van der Waals surface area (Å²) in [5.41, 5.74) is 5.91. The number of hydrogen-bond donors (Lipinski definition) is 1. The van der Waals surface area contributed by atoms with E-state index in [4.69, 9.17) is 9.84 Å². The minimum absolute atomic E-state index is 0.137. The summed E-state index contributed by atoms with van der Waals surface area (Å²) >= 11 is 0. The highest BCUT2D eigenvalue weighted by atomic mass is 16.5. The lowest BCUT2D eigenvalue weighted by atomic mass is 10.0. The highest BCUT2D eigenvalue weighted by Crippen LogP contribution is 2.38. The molecule has 1 aliphatic rings. The van der Waals surface area contributed by atoms with Crippen molar-refractivity contribution in [3.05, 3.63) is 131 Å². The van der Waals surface area contributed by atoms with E-state index < -0.39 is 0 Å². The Hall–Kier alpha value is -4.78. The topological polar surface area (TPSA) is 64.3 Å². The van der Waals surface area contributed by atoms with Crippen LogP contribution >= 0.6 is 0 Å². The second kappa shape index (κ2) is 9.94. The molecule has 0 bridgehead atoms. The Kier molecular flexibility index (Phi) is 6.17. The molecule has 3 aromatic carbocycles. The van der Waals surface area contributed by atoms with Crippen LogP contribution in [-0.2, 0) is 13.1 Å². The third-order valence-corrected chi connectivity index (χ3v) is 7.07. The van der Waals surface area contributed by atoms with Crippen LogP contribution in [0.3, 0.4) is 0 Å². The average molecular weight is 504 g/mol. The second-order valence-electron chi connectivity index (χ2n) is 9.39. The fourth-order valence-corrected chi connectivity index (χ4v) is 5.16. The van der Waals surface area contributed by atoms with Crippen molar-refractivity contribution >= 4 is 6.03 Å². The number of methoxy groups -OCH3 is 1. The lowest BCUT2D eigenvalue weighted by Crippen LogP contribution is -2.41. The predicted octanol–water partition coefficient (Wildman–Crippen LogP) is 5.79. The van der Waals surface area contributed by atoms with Gasteiger partial charge in [0.2, 0.25) is 0 Å². The lowest BCUT2D eigenvalue weighted by molar-refractivity contribution is 0.180. The van der Waals surface area contributed by atoms with Crippen molar-refractivity contribution < 1.29 is 9.53 Å². The number of aryl methyl sites for hydroxylation is 1. The third-order valence-electron chi connectivity index (χ3n) is 7.07. The summed E-state index contributed by atoms with van der Waals surface area (Å²) in [6, 6.07) is 31.7. The summed E-state index contributed by atoms with van der Waals surface area (Å²) in [5.74, 6) is 1.72. The standard InChI is InChI=1S/C31H29N5O2/c1-22-27-21-35(31(37)32-20-23-10-5-3-6-11-23)29(24-15-17-26(38-2)18-16-24)28-14-9-19-34(28)30(27)36(33-22)25-12-7-4-8-13-25/h3-19,29H,20-21H2,1-2H3,(H,32,37)/t29-/m1/s1. The van der Waals surface area contributed by atoms with Gasteiger partial charge >= 0.3 is 6.03 Å². The van der Waals surface area contributed by atoms with Crippen LogP contribution in [0.25, 0.3) is 11.5 Å². The number of carbonyl (C=O) groups excluding carboxylic acids is 1.